The van der Waals surface area contributed by atoms with Crippen molar-refractivity contribution in [2.75, 3.05) is 5.32 Å². The van der Waals surface area contributed by atoms with Gasteiger partial charge in [0.15, 0.2) is 5.66 Å². The Hall–Kier alpha value is -4.43. The van der Waals surface area contributed by atoms with E-state index in [1.165, 1.54) is 33.4 Å². The molecule has 0 saturated heterocycles. The van der Waals surface area contributed by atoms with E-state index in [0.717, 1.165) is 22.5 Å². The fourth-order valence-electron chi connectivity index (χ4n) is 5.39. The summed E-state index contributed by atoms with van der Waals surface area (Å²) in [5.41, 5.74) is 11.0. The highest BCUT2D eigenvalue weighted by Gasteiger charge is 2.45. The van der Waals surface area contributed by atoms with Crippen LogP contribution in [0.15, 0.2) is 132 Å². The van der Waals surface area contributed by atoms with Gasteiger partial charge in [-0.1, -0.05) is 121 Å². The fraction of sp³-hybridized carbons (Fsp3) is 0.0312. The molecule has 1 spiro atoms. The van der Waals surface area contributed by atoms with E-state index in [-0.39, 0.29) is 0 Å². The van der Waals surface area contributed by atoms with Crippen LogP contribution in [0.4, 0.5) is 5.69 Å². The predicted octanol–water partition coefficient (Wildman–Crippen LogP) is 7.50. The molecular weight excluding hydrogens is 412 g/mol. The van der Waals surface area contributed by atoms with Gasteiger partial charge < -0.3 is 5.32 Å². The molecule has 0 bridgehead atoms. The van der Waals surface area contributed by atoms with Crippen LogP contribution in [0.1, 0.15) is 22.3 Å². The lowest BCUT2D eigenvalue weighted by molar-refractivity contribution is 0.638. The van der Waals surface area contributed by atoms with Gasteiger partial charge in [-0.3, -0.25) is 0 Å². The third kappa shape index (κ3) is 2.72. The lowest BCUT2D eigenvalue weighted by atomic mass is 9.90. The molecule has 0 amide bonds. The van der Waals surface area contributed by atoms with E-state index in [0.29, 0.717) is 0 Å². The average Bonchev–Trinajstić information content (AvgIpc) is 3.18. The van der Waals surface area contributed by atoms with Gasteiger partial charge >= 0.3 is 0 Å². The Kier molecular flexibility index (Phi) is 4.09. The van der Waals surface area contributed by atoms with Crippen molar-refractivity contribution >= 4 is 11.4 Å². The largest absolute Gasteiger partial charge is 0.353 e. The topological polar surface area (TPSA) is 24.4 Å². The Labute approximate surface area is 199 Å². The molecule has 5 aromatic carbocycles. The summed E-state index contributed by atoms with van der Waals surface area (Å²) >= 11 is 0. The average molecular weight is 435 g/mol. The van der Waals surface area contributed by atoms with Crippen LogP contribution >= 0.6 is 0 Å². The van der Waals surface area contributed by atoms with Gasteiger partial charge in [-0.05, 0) is 28.3 Å². The Morgan fingerprint density at radius 3 is 1.62 bits per heavy atom. The first-order chi connectivity index (χ1) is 16.8. The second kappa shape index (κ2) is 7.29. The molecule has 0 unspecified atom stereocenters. The molecule has 7 rings (SSSR count). The number of hydrogen-bond acceptors (Lipinski definition) is 2. The number of anilines is 1. The zero-order valence-electron chi connectivity index (χ0n) is 18.6. The number of aliphatic imine (C=N–C) groups is 1. The summed E-state index contributed by atoms with van der Waals surface area (Å²) in [5.74, 6) is 0. The van der Waals surface area contributed by atoms with Crippen LogP contribution in [0.3, 0.4) is 0 Å². The van der Waals surface area contributed by atoms with Gasteiger partial charge in [0.1, 0.15) is 0 Å². The normalized spacial score (nSPS) is 14.5. The number of nitrogens with one attached hydrogen (secondary N) is 1. The second-order valence-corrected chi connectivity index (χ2v) is 8.88. The number of hydrogen-bond donors (Lipinski definition) is 1. The molecule has 1 aliphatic heterocycles. The minimum Gasteiger partial charge on any atom is -0.353 e. The molecule has 2 heteroatoms. The van der Waals surface area contributed by atoms with Crippen LogP contribution in [0, 0.1) is 0 Å². The summed E-state index contributed by atoms with van der Waals surface area (Å²) in [5, 5.41) is 3.83. The molecule has 160 valence electrons. The highest BCUT2D eigenvalue weighted by Crippen LogP contribution is 2.52. The molecule has 0 aromatic heterocycles. The Balaban J connectivity index is 1.45. The molecule has 0 atom stereocenters. The SMILES string of the molecule is c1ccc(-c2ccc(C3=NC4(Nc5ccccc53)c3ccccc3-c3ccccc34)cc2)cc1. The predicted molar refractivity (Wildman–Crippen MR) is 140 cm³/mol. The number of fused-ring (bicyclic) bond motifs is 6. The van der Waals surface area contributed by atoms with Gasteiger partial charge in [0.2, 0.25) is 0 Å². The third-order valence-corrected chi connectivity index (χ3v) is 6.97. The Morgan fingerprint density at radius 2 is 0.941 bits per heavy atom. The van der Waals surface area contributed by atoms with Crippen molar-refractivity contribution in [1.29, 1.82) is 0 Å². The minimum atomic E-state index is -0.644. The third-order valence-electron chi connectivity index (χ3n) is 6.97. The quantitative estimate of drug-likeness (QED) is 0.306. The Morgan fingerprint density at radius 1 is 0.441 bits per heavy atom. The van der Waals surface area contributed by atoms with Crippen molar-refractivity contribution in [3.05, 3.63) is 150 Å². The zero-order chi connectivity index (χ0) is 22.5. The highest BCUT2D eigenvalue weighted by atomic mass is 15.2. The van der Waals surface area contributed by atoms with E-state index in [9.17, 15) is 0 Å². The number of benzene rings is 5. The van der Waals surface area contributed by atoms with Crippen LogP contribution in [0.5, 0.6) is 0 Å². The van der Waals surface area contributed by atoms with Crippen molar-refractivity contribution in [3.63, 3.8) is 0 Å². The first kappa shape index (κ1) is 19.1. The molecule has 2 aliphatic rings. The van der Waals surface area contributed by atoms with E-state index >= 15 is 0 Å². The van der Waals surface area contributed by atoms with E-state index in [1.807, 2.05) is 0 Å². The molecule has 0 saturated carbocycles. The summed E-state index contributed by atoms with van der Waals surface area (Å²) in [6.45, 7) is 0. The van der Waals surface area contributed by atoms with Gasteiger partial charge in [-0.2, -0.15) is 0 Å². The smallest absolute Gasteiger partial charge is 0.183 e. The standard InChI is InChI=1S/C32H22N2/c1-2-10-22(11-3-1)23-18-20-24(21-19-23)31-27-14-6-9-17-30(27)33-32(34-31)28-15-7-4-12-25(28)26-13-5-8-16-29(26)32/h1-21,33H. The molecule has 5 aromatic rings. The maximum atomic E-state index is 5.52. The summed E-state index contributed by atoms with van der Waals surface area (Å²) in [6, 6.07) is 45.0. The van der Waals surface area contributed by atoms with E-state index < -0.39 is 5.66 Å². The fourth-order valence-corrected chi connectivity index (χ4v) is 5.39. The van der Waals surface area contributed by atoms with Gasteiger partial charge in [0.05, 0.1) is 5.71 Å². The molecule has 1 heterocycles. The van der Waals surface area contributed by atoms with E-state index in [4.69, 9.17) is 4.99 Å². The molecule has 0 fully saturated rings. The monoisotopic (exact) mass is 434 g/mol. The molecule has 1 N–H and O–H groups in total. The molecular formula is C32H22N2. The van der Waals surface area contributed by atoms with Crippen molar-refractivity contribution in [1.82, 2.24) is 0 Å². The van der Waals surface area contributed by atoms with Gasteiger partial charge in [-0.25, -0.2) is 4.99 Å². The van der Waals surface area contributed by atoms with Crippen LogP contribution < -0.4 is 5.32 Å². The summed E-state index contributed by atoms with van der Waals surface area (Å²) in [7, 11) is 0. The lowest BCUT2D eigenvalue weighted by Crippen LogP contribution is -2.38. The second-order valence-electron chi connectivity index (χ2n) is 8.88. The Bertz CT molecular complexity index is 1520. The number of nitrogens with zero attached hydrogens (tertiary/aromatic N) is 1. The maximum absolute atomic E-state index is 5.52. The van der Waals surface area contributed by atoms with Crippen molar-refractivity contribution in [2.24, 2.45) is 4.99 Å². The van der Waals surface area contributed by atoms with Crippen LogP contribution in [-0.4, -0.2) is 5.71 Å². The summed E-state index contributed by atoms with van der Waals surface area (Å²) in [4.78, 5) is 5.52. The van der Waals surface area contributed by atoms with Gasteiger partial charge in [0, 0.05) is 27.9 Å². The number of para-hydroxylation sites is 1. The van der Waals surface area contributed by atoms with Crippen molar-refractivity contribution < 1.29 is 0 Å². The lowest BCUT2D eigenvalue weighted by Gasteiger charge is -2.36. The van der Waals surface area contributed by atoms with Crippen LogP contribution in [0.2, 0.25) is 0 Å². The van der Waals surface area contributed by atoms with Crippen molar-refractivity contribution in [2.45, 2.75) is 5.66 Å². The molecule has 1 aliphatic carbocycles. The highest BCUT2D eigenvalue weighted by molar-refractivity contribution is 6.17. The number of rotatable bonds is 2. The maximum Gasteiger partial charge on any atom is 0.183 e. The summed E-state index contributed by atoms with van der Waals surface area (Å²) in [6.07, 6.45) is 0. The van der Waals surface area contributed by atoms with Crippen LogP contribution in [-0.2, 0) is 5.66 Å². The zero-order valence-corrected chi connectivity index (χ0v) is 18.6. The summed E-state index contributed by atoms with van der Waals surface area (Å²) < 4.78 is 0. The molecule has 34 heavy (non-hydrogen) atoms. The first-order valence-corrected chi connectivity index (χ1v) is 11.7. The van der Waals surface area contributed by atoms with Gasteiger partial charge in [-0.15, -0.1) is 0 Å². The van der Waals surface area contributed by atoms with Crippen LogP contribution in [0.25, 0.3) is 22.3 Å². The van der Waals surface area contributed by atoms with E-state index in [1.54, 1.807) is 0 Å². The molecule has 0 radical (unpaired) electrons. The van der Waals surface area contributed by atoms with E-state index in [2.05, 4.69) is 133 Å². The first-order valence-electron chi connectivity index (χ1n) is 11.7. The van der Waals surface area contributed by atoms with Crippen molar-refractivity contribution in [3.8, 4) is 22.3 Å². The minimum absolute atomic E-state index is 0.644. The van der Waals surface area contributed by atoms with Gasteiger partial charge in [0.25, 0.3) is 0 Å². The molecule has 2 nitrogen and oxygen atoms in total.